The van der Waals surface area contributed by atoms with Gasteiger partial charge in [-0.15, -0.1) is 0 Å². The maximum atomic E-state index is 13.6. The molecule has 6 nitrogen and oxygen atoms in total. The van der Waals surface area contributed by atoms with Gasteiger partial charge in [0.15, 0.2) is 0 Å². The van der Waals surface area contributed by atoms with Gasteiger partial charge in [-0.1, -0.05) is 43.7 Å². The van der Waals surface area contributed by atoms with Gasteiger partial charge in [0.2, 0.25) is 5.91 Å². The summed E-state index contributed by atoms with van der Waals surface area (Å²) >= 11 is 0. The lowest BCUT2D eigenvalue weighted by Crippen LogP contribution is -2.50. The molecule has 0 N–H and O–H groups in total. The van der Waals surface area contributed by atoms with E-state index in [0.29, 0.717) is 17.7 Å². The number of carbonyl (C=O) groups excluding carboxylic acids is 2. The second kappa shape index (κ2) is 9.45. The number of rotatable bonds is 6. The molecule has 0 saturated carbocycles. The first-order valence-corrected chi connectivity index (χ1v) is 10.3. The number of anilines is 1. The molecule has 156 valence electrons. The Hall–Kier alpha value is -3.33. The zero-order chi connectivity index (χ0) is 21.7. The van der Waals surface area contributed by atoms with Crippen molar-refractivity contribution in [2.45, 2.75) is 44.8 Å². The first-order valence-electron chi connectivity index (χ1n) is 10.3. The first-order chi connectivity index (χ1) is 14.5. The van der Waals surface area contributed by atoms with Crippen molar-refractivity contribution in [3.63, 3.8) is 0 Å². The summed E-state index contributed by atoms with van der Waals surface area (Å²) in [5.41, 5.74) is 2.26. The Bertz CT molecular complexity index is 920. The highest BCUT2D eigenvalue weighted by atomic mass is 16.2. The van der Waals surface area contributed by atoms with Crippen LogP contribution < -0.4 is 4.90 Å². The lowest BCUT2D eigenvalue weighted by Gasteiger charge is -2.33. The number of benzene rings is 2. The highest BCUT2D eigenvalue weighted by molar-refractivity contribution is 5.97. The van der Waals surface area contributed by atoms with Crippen LogP contribution in [0, 0.1) is 11.3 Å². The van der Waals surface area contributed by atoms with Crippen molar-refractivity contribution in [2.75, 3.05) is 19.0 Å². The fourth-order valence-electron chi connectivity index (χ4n) is 3.94. The Morgan fingerprint density at radius 1 is 1.13 bits per heavy atom. The van der Waals surface area contributed by atoms with Crippen molar-refractivity contribution in [3.05, 3.63) is 65.7 Å². The number of amides is 3. The Labute approximate surface area is 178 Å². The van der Waals surface area contributed by atoms with Gasteiger partial charge in [0.25, 0.3) is 0 Å². The Kier molecular flexibility index (Phi) is 6.73. The molecule has 2 atom stereocenters. The van der Waals surface area contributed by atoms with Crippen molar-refractivity contribution in [1.29, 1.82) is 5.26 Å². The molecule has 1 unspecified atom stereocenters. The van der Waals surface area contributed by atoms with Gasteiger partial charge in [-0.3, -0.25) is 14.6 Å². The quantitative estimate of drug-likeness (QED) is 0.730. The molecule has 1 fully saturated rings. The predicted octanol–water partition coefficient (Wildman–Crippen LogP) is 4.02. The van der Waals surface area contributed by atoms with E-state index in [0.717, 1.165) is 24.8 Å². The average molecular weight is 405 g/mol. The second-order valence-corrected chi connectivity index (χ2v) is 7.69. The SMILES string of the molecule is CCCCC1N(C)C(=O)[C@H](Cc2ccccc2)N1C(=O)N(C)c1ccc(C#N)cc1. The molecule has 2 aromatic rings. The third-order valence-electron chi connectivity index (χ3n) is 5.72. The van der Waals surface area contributed by atoms with E-state index in [9.17, 15) is 9.59 Å². The summed E-state index contributed by atoms with van der Waals surface area (Å²) < 4.78 is 0. The molecule has 3 amide bonds. The average Bonchev–Trinajstić information content (AvgIpc) is 3.01. The number of unbranched alkanes of at least 4 members (excludes halogenated alkanes) is 1. The van der Waals surface area contributed by atoms with Gasteiger partial charge in [0.1, 0.15) is 12.2 Å². The monoisotopic (exact) mass is 404 g/mol. The van der Waals surface area contributed by atoms with Crippen LogP contribution in [0.3, 0.4) is 0 Å². The minimum absolute atomic E-state index is 0.0264. The Morgan fingerprint density at radius 2 is 1.80 bits per heavy atom. The van der Waals surface area contributed by atoms with E-state index in [4.69, 9.17) is 5.26 Å². The fourth-order valence-corrected chi connectivity index (χ4v) is 3.94. The normalized spacial score (nSPS) is 18.4. The van der Waals surface area contributed by atoms with Gasteiger partial charge in [-0.25, -0.2) is 4.79 Å². The minimum atomic E-state index is -0.535. The van der Waals surface area contributed by atoms with Crippen LogP contribution in [0.25, 0.3) is 0 Å². The van der Waals surface area contributed by atoms with Crippen LogP contribution >= 0.6 is 0 Å². The zero-order valence-corrected chi connectivity index (χ0v) is 17.8. The second-order valence-electron chi connectivity index (χ2n) is 7.69. The van der Waals surface area contributed by atoms with E-state index in [1.165, 1.54) is 0 Å². The first kappa shape index (κ1) is 21.4. The molecule has 1 aliphatic rings. The summed E-state index contributed by atoms with van der Waals surface area (Å²) in [6, 6.07) is 18.0. The van der Waals surface area contributed by atoms with Crippen molar-refractivity contribution < 1.29 is 9.59 Å². The number of urea groups is 1. The number of hydrogen-bond donors (Lipinski definition) is 0. The molecule has 0 spiro atoms. The largest absolute Gasteiger partial charge is 0.326 e. The van der Waals surface area contributed by atoms with E-state index in [1.54, 1.807) is 53.1 Å². The molecule has 1 heterocycles. The van der Waals surface area contributed by atoms with Crippen molar-refractivity contribution in [3.8, 4) is 6.07 Å². The lowest BCUT2D eigenvalue weighted by molar-refractivity contribution is -0.128. The fraction of sp³-hybridized carbons (Fsp3) is 0.375. The third-order valence-corrected chi connectivity index (χ3v) is 5.72. The van der Waals surface area contributed by atoms with Crippen molar-refractivity contribution in [1.82, 2.24) is 9.80 Å². The van der Waals surface area contributed by atoms with Gasteiger partial charge >= 0.3 is 6.03 Å². The maximum absolute atomic E-state index is 13.6. The summed E-state index contributed by atoms with van der Waals surface area (Å²) in [4.78, 5) is 31.7. The smallest absolute Gasteiger partial charge is 0.323 e. The molecular weight excluding hydrogens is 376 g/mol. The van der Waals surface area contributed by atoms with Crippen LogP contribution in [0.1, 0.15) is 37.3 Å². The molecule has 1 saturated heterocycles. The van der Waals surface area contributed by atoms with Crippen molar-refractivity contribution >= 4 is 17.6 Å². The van der Waals surface area contributed by atoms with Crippen LogP contribution in [0.2, 0.25) is 0 Å². The molecule has 0 aromatic heterocycles. The topological polar surface area (TPSA) is 67.7 Å². The van der Waals surface area contributed by atoms with Crippen LogP contribution in [0.4, 0.5) is 10.5 Å². The molecule has 2 aromatic carbocycles. The van der Waals surface area contributed by atoms with Gasteiger partial charge < -0.3 is 4.90 Å². The molecule has 3 rings (SSSR count). The highest BCUT2D eigenvalue weighted by Crippen LogP contribution is 2.29. The van der Waals surface area contributed by atoms with Gasteiger partial charge in [-0.05, 0) is 42.7 Å². The van der Waals surface area contributed by atoms with Gasteiger partial charge in [0.05, 0.1) is 11.6 Å². The molecule has 6 heteroatoms. The zero-order valence-electron chi connectivity index (χ0n) is 17.8. The third kappa shape index (κ3) is 4.30. The van der Waals surface area contributed by atoms with E-state index < -0.39 is 6.04 Å². The Morgan fingerprint density at radius 3 is 2.40 bits per heavy atom. The summed E-state index contributed by atoms with van der Waals surface area (Å²) in [5, 5.41) is 9.02. The molecular formula is C24H28N4O2. The maximum Gasteiger partial charge on any atom is 0.326 e. The van der Waals surface area contributed by atoms with Crippen molar-refractivity contribution in [2.24, 2.45) is 0 Å². The standard InChI is InChI=1S/C24H28N4O2/c1-4-5-11-22-27(3)23(29)21(16-18-9-7-6-8-10-18)28(22)24(30)26(2)20-14-12-19(17-25)13-15-20/h6-10,12-15,21-22H,4-5,11,16H2,1-3H3/t21-,22?/m0/s1. The summed E-state index contributed by atoms with van der Waals surface area (Å²) in [6.45, 7) is 2.10. The molecule has 1 aliphatic heterocycles. The summed E-state index contributed by atoms with van der Waals surface area (Å²) in [7, 11) is 3.50. The molecule has 0 radical (unpaired) electrons. The van der Waals surface area contributed by atoms with Crippen LogP contribution in [0.15, 0.2) is 54.6 Å². The van der Waals surface area contributed by atoms with E-state index in [1.807, 2.05) is 30.3 Å². The van der Waals surface area contributed by atoms with Crippen LogP contribution in [-0.2, 0) is 11.2 Å². The number of likely N-dealkylation sites (N-methyl/N-ethyl adjacent to an activating group) is 1. The van der Waals surface area contributed by atoms with E-state index >= 15 is 0 Å². The number of carbonyl (C=O) groups is 2. The molecule has 0 aliphatic carbocycles. The van der Waals surface area contributed by atoms with E-state index in [2.05, 4.69) is 13.0 Å². The predicted molar refractivity (Wildman–Crippen MR) is 117 cm³/mol. The molecule has 30 heavy (non-hydrogen) atoms. The number of nitriles is 1. The Balaban J connectivity index is 1.91. The number of hydrogen-bond acceptors (Lipinski definition) is 3. The van der Waals surface area contributed by atoms with Gasteiger partial charge in [0, 0.05) is 26.2 Å². The molecule has 0 bridgehead atoms. The van der Waals surface area contributed by atoms with Crippen LogP contribution in [-0.4, -0.2) is 48.0 Å². The lowest BCUT2D eigenvalue weighted by atomic mass is 10.0. The van der Waals surface area contributed by atoms with E-state index in [-0.39, 0.29) is 18.1 Å². The highest BCUT2D eigenvalue weighted by Gasteiger charge is 2.47. The minimum Gasteiger partial charge on any atom is -0.323 e. The summed E-state index contributed by atoms with van der Waals surface area (Å²) in [6.07, 6.45) is 2.90. The number of nitrogens with zero attached hydrogens (tertiary/aromatic N) is 4. The van der Waals surface area contributed by atoms with Crippen LogP contribution in [0.5, 0.6) is 0 Å². The summed E-state index contributed by atoms with van der Waals surface area (Å²) in [5.74, 6) is -0.0264. The van der Waals surface area contributed by atoms with Gasteiger partial charge in [-0.2, -0.15) is 5.26 Å².